The summed E-state index contributed by atoms with van der Waals surface area (Å²) in [5.41, 5.74) is 6.40. The standard InChI is InChI=1S/C12H23N3O2S2/c1-10-9-18-11(8-13)12(10)19(16,17)15(4)7-5-6-14(2)3/h9H,5-8,13H2,1-4H3. The summed E-state index contributed by atoms with van der Waals surface area (Å²) in [5.74, 6) is 0. The number of hydrogen-bond donors (Lipinski definition) is 1. The Bertz CT molecular complexity index is 509. The molecule has 7 heteroatoms. The van der Waals surface area contributed by atoms with Gasteiger partial charge in [0.05, 0.1) is 0 Å². The summed E-state index contributed by atoms with van der Waals surface area (Å²) in [7, 11) is 2.16. The molecule has 0 aliphatic heterocycles. The van der Waals surface area contributed by atoms with E-state index in [1.165, 1.54) is 15.6 Å². The van der Waals surface area contributed by atoms with Gasteiger partial charge < -0.3 is 10.6 Å². The van der Waals surface area contributed by atoms with Crippen molar-refractivity contribution in [3.63, 3.8) is 0 Å². The SMILES string of the molecule is Cc1csc(CN)c1S(=O)(=O)N(C)CCCN(C)C. The first-order chi connectivity index (χ1) is 8.80. The Hall–Kier alpha value is -0.470. The maximum atomic E-state index is 12.5. The molecule has 5 nitrogen and oxygen atoms in total. The third kappa shape index (κ3) is 4.00. The highest BCUT2D eigenvalue weighted by Gasteiger charge is 2.26. The van der Waals surface area contributed by atoms with Crippen molar-refractivity contribution in [2.45, 2.75) is 24.8 Å². The van der Waals surface area contributed by atoms with Gasteiger partial charge in [-0.25, -0.2) is 12.7 Å². The Morgan fingerprint density at radius 3 is 2.42 bits per heavy atom. The van der Waals surface area contributed by atoms with Gasteiger partial charge in [-0.2, -0.15) is 0 Å². The number of rotatable bonds is 7. The first-order valence-electron chi connectivity index (χ1n) is 6.18. The van der Waals surface area contributed by atoms with Crippen molar-refractivity contribution in [2.75, 3.05) is 34.2 Å². The van der Waals surface area contributed by atoms with Crippen LogP contribution in [0.5, 0.6) is 0 Å². The molecule has 1 heterocycles. The summed E-state index contributed by atoms with van der Waals surface area (Å²) in [6, 6.07) is 0. The molecule has 0 spiro atoms. The minimum atomic E-state index is -3.42. The van der Waals surface area contributed by atoms with Crippen molar-refractivity contribution < 1.29 is 8.42 Å². The van der Waals surface area contributed by atoms with Crippen LogP contribution in [0.25, 0.3) is 0 Å². The summed E-state index contributed by atoms with van der Waals surface area (Å²) in [6.07, 6.45) is 0.809. The van der Waals surface area contributed by atoms with Crippen molar-refractivity contribution in [1.82, 2.24) is 9.21 Å². The van der Waals surface area contributed by atoms with Crippen LogP contribution in [0.1, 0.15) is 16.9 Å². The zero-order valence-electron chi connectivity index (χ0n) is 12.0. The minimum Gasteiger partial charge on any atom is -0.326 e. The Labute approximate surface area is 120 Å². The fourth-order valence-electron chi connectivity index (χ4n) is 1.86. The van der Waals surface area contributed by atoms with Crippen molar-refractivity contribution in [2.24, 2.45) is 5.73 Å². The zero-order chi connectivity index (χ0) is 14.6. The summed E-state index contributed by atoms with van der Waals surface area (Å²) in [5, 5.41) is 1.85. The highest BCUT2D eigenvalue weighted by molar-refractivity contribution is 7.89. The van der Waals surface area contributed by atoms with E-state index in [2.05, 4.69) is 0 Å². The fourth-order valence-corrected chi connectivity index (χ4v) is 4.71. The van der Waals surface area contributed by atoms with E-state index in [4.69, 9.17) is 5.73 Å². The Morgan fingerprint density at radius 2 is 1.89 bits per heavy atom. The second kappa shape index (κ2) is 6.81. The van der Waals surface area contributed by atoms with Gasteiger partial charge in [-0.1, -0.05) is 0 Å². The lowest BCUT2D eigenvalue weighted by molar-refractivity contribution is 0.370. The third-order valence-electron chi connectivity index (χ3n) is 2.92. The van der Waals surface area contributed by atoms with Crippen molar-refractivity contribution in [1.29, 1.82) is 0 Å². The first kappa shape index (κ1) is 16.6. The molecule has 1 aromatic rings. The molecule has 2 N–H and O–H groups in total. The van der Waals surface area contributed by atoms with E-state index >= 15 is 0 Å². The van der Waals surface area contributed by atoms with E-state index in [9.17, 15) is 8.42 Å². The summed E-state index contributed by atoms with van der Waals surface area (Å²) >= 11 is 1.41. The second-order valence-corrected chi connectivity index (χ2v) is 7.80. The number of aryl methyl sites for hydroxylation is 1. The zero-order valence-corrected chi connectivity index (χ0v) is 13.6. The summed E-state index contributed by atoms with van der Waals surface area (Å²) in [4.78, 5) is 3.17. The molecular formula is C12H23N3O2S2. The Kier molecular flexibility index (Phi) is 5.94. The van der Waals surface area contributed by atoms with Crippen LogP contribution in [0, 0.1) is 6.92 Å². The third-order valence-corrected chi connectivity index (χ3v) is 6.26. The first-order valence-corrected chi connectivity index (χ1v) is 8.50. The molecule has 0 atom stereocenters. The predicted molar refractivity (Wildman–Crippen MR) is 79.9 cm³/mol. The van der Waals surface area contributed by atoms with Crippen LogP contribution < -0.4 is 5.73 Å². The van der Waals surface area contributed by atoms with Gasteiger partial charge in [0.15, 0.2) is 0 Å². The van der Waals surface area contributed by atoms with Crippen LogP contribution >= 0.6 is 11.3 Å². The molecule has 0 amide bonds. The average molecular weight is 305 g/mol. The topological polar surface area (TPSA) is 66.6 Å². The molecular weight excluding hydrogens is 282 g/mol. The number of sulfonamides is 1. The largest absolute Gasteiger partial charge is 0.326 e. The molecule has 0 saturated heterocycles. The molecule has 0 unspecified atom stereocenters. The lowest BCUT2D eigenvalue weighted by atomic mass is 10.3. The van der Waals surface area contributed by atoms with E-state index in [0.717, 1.165) is 23.4 Å². The van der Waals surface area contributed by atoms with Crippen LogP contribution in [0.2, 0.25) is 0 Å². The van der Waals surface area contributed by atoms with Gasteiger partial charge in [0.25, 0.3) is 0 Å². The number of thiophene rings is 1. The molecule has 1 rings (SSSR count). The van der Waals surface area contributed by atoms with E-state index in [-0.39, 0.29) is 6.54 Å². The molecule has 19 heavy (non-hydrogen) atoms. The van der Waals surface area contributed by atoms with Gasteiger partial charge in [-0.3, -0.25) is 0 Å². The quantitative estimate of drug-likeness (QED) is 0.819. The highest BCUT2D eigenvalue weighted by atomic mass is 32.2. The van der Waals surface area contributed by atoms with Gasteiger partial charge in [0, 0.05) is 25.0 Å². The van der Waals surface area contributed by atoms with Gasteiger partial charge in [-0.15, -0.1) is 11.3 Å². The van der Waals surface area contributed by atoms with Gasteiger partial charge in [0.2, 0.25) is 10.0 Å². The molecule has 0 bridgehead atoms. The van der Waals surface area contributed by atoms with E-state index < -0.39 is 10.0 Å². The van der Waals surface area contributed by atoms with E-state index in [1.807, 2.05) is 31.3 Å². The highest BCUT2D eigenvalue weighted by Crippen LogP contribution is 2.28. The fraction of sp³-hybridized carbons (Fsp3) is 0.667. The predicted octanol–water partition coefficient (Wildman–Crippen LogP) is 1.09. The summed E-state index contributed by atoms with van der Waals surface area (Å²) < 4.78 is 26.5. The van der Waals surface area contributed by atoms with Gasteiger partial charge in [-0.05, 0) is 44.9 Å². The summed E-state index contributed by atoms with van der Waals surface area (Å²) in [6.45, 7) is 3.46. The van der Waals surface area contributed by atoms with Crippen LogP contribution in [0.15, 0.2) is 10.3 Å². The van der Waals surface area contributed by atoms with Crippen LogP contribution in [0.4, 0.5) is 0 Å². The maximum Gasteiger partial charge on any atom is 0.244 e. The van der Waals surface area contributed by atoms with Crippen LogP contribution in [-0.2, 0) is 16.6 Å². The molecule has 0 aromatic carbocycles. The minimum absolute atomic E-state index is 0.263. The molecule has 0 fully saturated rings. The van der Waals surface area contributed by atoms with Crippen LogP contribution in [0.3, 0.4) is 0 Å². The van der Waals surface area contributed by atoms with Crippen LogP contribution in [-0.4, -0.2) is 51.9 Å². The normalized spacial score (nSPS) is 12.6. The lowest BCUT2D eigenvalue weighted by Gasteiger charge is -2.19. The Morgan fingerprint density at radius 1 is 1.26 bits per heavy atom. The Balaban J connectivity index is 2.87. The van der Waals surface area contributed by atoms with Crippen molar-refractivity contribution >= 4 is 21.4 Å². The molecule has 0 aliphatic carbocycles. The maximum absolute atomic E-state index is 12.5. The van der Waals surface area contributed by atoms with Crippen molar-refractivity contribution in [3.8, 4) is 0 Å². The monoisotopic (exact) mass is 305 g/mol. The number of nitrogens with zero attached hydrogens (tertiary/aromatic N) is 2. The average Bonchev–Trinajstić information content (AvgIpc) is 2.70. The van der Waals surface area contributed by atoms with E-state index in [0.29, 0.717) is 11.4 Å². The lowest BCUT2D eigenvalue weighted by Crippen LogP contribution is -2.30. The molecule has 1 aromatic heterocycles. The molecule has 0 radical (unpaired) electrons. The van der Waals surface area contributed by atoms with Crippen molar-refractivity contribution in [3.05, 3.63) is 15.8 Å². The van der Waals surface area contributed by atoms with E-state index in [1.54, 1.807) is 7.05 Å². The smallest absolute Gasteiger partial charge is 0.244 e. The van der Waals surface area contributed by atoms with Gasteiger partial charge in [0.1, 0.15) is 4.90 Å². The molecule has 0 aliphatic rings. The molecule has 110 valence electrons. The molecule has 0 saturated carbocycles. The second-order valence-electron chi connectivity index (χ2n) is 4.86. The van der Waals surface area contributed by atoms with Gasteiger partial charge >= 0.3 is 0 Å². The number of nitrogens with two attached hydrogens (primary N) is 1. The number of hydrogen-bond acceptors (Lipinski definition) is 5.